The van der Waals surface area contributed by atoms with Gasteiger partial charge in [0.05, 0.1) is 6.10 Å². The molecule has 0 aliphatic carbocycles. The molecule has 0 fully saturated rings. The molecule has 6 nitrogen and oxygen atoms in total. The Morgan fingerprint density at radius 3 is 1.88 bits per heavy atom. The lowest BCUT2D eigenvalue weighted by Gasteiger charge is -2.13. The standard InChI is InChI=1S/C9H13NO.H2O4S/c1-7(10)9(11)8-5-3-2-4-6-8;1-5(2,3)4/h2-7,9,11H,10H2,1H3;(H2,1,2,3,4)/t7-,9-;/m1./s1. The van der Waals surface area contributed by atoms with E-state index in [0.717, 1.165) is 5.56 Å². The van der Waals surface area contributed by atoms with Crippen molar-refractivity contribution in [1.82, 2.24) is 0 Å². The van der Waals surface area contributed by atoms with Gasteiger partial charge in [0.1, 0.15) is 0 Å². The van der Waals surface area contributed by atoms with Gasteiger partial charge in [0.25, 0.3) is 0 Å². The molecule has 5 N–H and O–H groups in total. The lowest BCUT2D eigenvalue weighted by molar-refractivity contribution is 0.153. The minimum Gasteiger partial charge on any atom is -0.387 e. The van der Waals surface area contributed by atoms with E-state index in [4.69, 9.17) is 23.3 Å². The molecule has 0 aliphatic heterocycles. The molecule has 92 valence electrons. The average Bonchev–Trinajstić information content (AvgIpc) is 2.15. The number of hydrogen-bond donors (Lipinski definition) is 4. The summed E-state index contributed by atoms with van der Waals surface area (Å²) in [5, 5.41) is 9.47. The zero-order valence-corrected chi connectivity index (χ0v) is 9.50. The first-order valence-electron chi connectivity index (χ1n) is 4.40. The van der Waals surface area contributed by atoms with Crippen LogP contribution in [0, 0.1) is 0 Å². The van der Waals surface area contributed by atoms with Crippen LogP contribution in [0.5, 0.6) is 0 Å². The third kappa shape index (κ3) is 8.33. The molecule has 0 bridgehead atoms. The van der Waals surface area contributed by atoms with E-state index in [9.17, 15) is 5.11 Å². The van der Waals surface area contributed by atoms with Gasteiger partial charge in [-0.15, -0.1) is 0 Å². The minimum absolute atomic E-state index is 0.211. The van der Waals surface area contributed by atoms with Gasteiger partial charge in [0.15, 0.2) is 0 Å². The Morgan fingerprint density at radius 1 is 1.19 bits per heavy atom. The van der Waals surface area contributed by atoms with Crippen molar-refractivity contribution in [1.29, 1.82) is 0 Å². The molecule has 1 aromatic carbocycles. The SMILES string of the molecule is C[C@@H](N)[C@@H](O)c1ccccc1.O=S(=O)(O)O. The summed E-state index contributed by atoms with van der Waals surface area (Å²) < 4.78 is 31.6. The molecule has 0 radical (unpaired) electrons. The van der Waals surface area contributed by atoms with Crippen LogP contribution in [0.3, 0.4) is 0 Å². The van der Waals surface area contributed by atoms with Crippen molar-refractivity contribution in [2.45, 2.75) is 19.1 Å². The number of aliphatic hydroxyl groups is 1. The van der Waals surface area contributed by atoms with Crippen molar-refractivity contribution in [3.05, 3.63) is 35.9 Å². The normalized spacial score (nSPS) is 14.6. The molecule has 0 amide bonds. The van der Waals surface area contributed by atoms with Crippen molar-refractivity contribution in [2.24, 2.45) is 5.73 Å². The maximum atomic E-state index is 9.47. The number of hydrogen-bond acceptors (Lipinski definition) is 4. The predicted octanol–water partition coefficient (Wildman–Crippen LogP) is 0.414. The van der Waals surface area contributed by atoms with Crippen LogP contribution in [0.4, 0.5) is 0 Å². The van der Waals surface area contributed by atoms with Crippen LogP contribution >= 0.6 is 0 Å². The fourth-order valence-corrected chi connectivity index (χ4v) is 0.954. The Bertz CT molecular complexity index is 382. The van der Waals surface area contributed by atoms with Crippen molar-refractivity contribution in [2.75, 3.05) is 0 Å². The quantitative estimate of drug-likeness (QED) is 0.563. The zero-order valence-electron chi connectivity index (χ0n) is 8.69. The highest BCUT2D eigenvalue weighted by Crippen LogP contribution is 2.13. The van der Waals surface area contributed by atoms with Crippen molar-refractivity contribution in [3.63, 3.8) is 0 Å². The molecular formula is C9H15NO5S. The van der Waals surface area contributed by atoms with Gasteiger partial charge >= 0.3 is 10.4 Å². The van der Waals surface area contributed by atoms with Gasteiger partial charge in [-0.3, -0.25) is 9.11 Å². The van der Waals surface area contributed by atoms with Crippen LogP contribution in [-0.4, -0.2) is 28.7 Å². The smallest absolute Gasteiger partial charge is 0.387 e. The van der Waals surface area contributed by atoms with Gasteiger partial charge in [0.2, 0.25) is 0 Å². The highest BCUT2D eigenvalue weighted by Gasteiger charge is 2.10. The van der Waals surface area contributed by atoms with E-state index in [1.807, 2.05) is 30.3 Å². The molecule has 0 heterocycles. The maximum Gasteiger partial charge on any atom is 0.394 e. The van der Waals surface area contributed by atoms with E-state index in [1.165, 1.54) is 0 Å². The molecular weight excluding hydrogens is 234 g/mol. The van der Waals surface area contributed by atoms with Gasteiger partial charge in [-0.1, -0.05) is 30.3 Å². The van der Waals surface area contributed by atoms with E-state index in [1.54, 1.807) is 6.92 Å². The third-order valence-corrected chi connectivity index (χ3v) is 1.64. The van der Waals surface area contributed by atoms with Crippen molar-refractivity contribution >= 4 is 10.4 Å². The number of rotatable bonds is 2. The van der Waals surface area contributed by atoms with E-state index in [0.29, 0.717) is 0 Å². The summed E-state index contributed by atoms with van der Waals surface area (Å²) in [6, 6.07) is 9.22. The fraction of sp³-hybridized carbons (Fsp3) is 0.333. The molecule has 0 saturated carbocycles. The molecule has 1 rings (SSSR count). The Balaban J connectivity index is 0.000000385. The topological polar surface area (TPSA) is 121 Å². The highest BCUT2D eigenvalue weighted by atomic mass is 32.3. The summed E-state index contributed by atoms with van der Waals surface area (Å²) in [6.45, 7) is 1.79. The Labute approximate surface area is 94.3 Å². The van der Waals surface area contributed by atoms with Gasteiger partial charge in [-0.05, 0) is 12.5 Å². The first-order valence-corrected chi connectivity index (χ1v) is 5.80. The average molecular weight is 249 g/mol. The highest BCUT2D eigenvalue weighted by molar-refractivity contribution is 7.79. The Hall–Kier alpha value is -0.990. The number of aliphatic hydroxyl groups excluding tert-OH is 1. The van der Waals surface area contributed by atoms with E-state index < -0.39 is 16.5 Å². The first kappa shape index (κ1) is 15.0. The summed E-state index contributed by atoms with van der Waals surface area (Å²) in [7, 11) is -4.67. The number of benzene rings is 1. The van der Waals surface area contributed by atoms with Gasteiger partial charge < -0.3 is 10.8 Å². The second-order valence-corrected chi connectivity index (χ2v) is 4.06. The predicted molar refractivity (Wildman–Crippen MR) is 59.2 cm³/mol. The molecule has 16 heavy (non-hydrogen) atoms. The summed E-state index contributed by atoms with van der Waals surface area (Å²) in [5.41, 5.74) is 6.40. The Morgan fingerprint density at radius 2 is 1.56 bits per heavy atom. The fourth-order valence-electron chi connectivity index (χ4n) is 0.954. The molecule has 0 spiro atoms. The lowest BCUT2D eigenvalue weighted by atomic mass is 10.0. The second kappa shape index (κ2) is 6.56. The van der Waals surface area contributed by atoms with E-state index in [-0.39, 0.29) is 6.04 Å². The third-order valence-electron chi connectivity index (χ3n) is 1.64. The Kier molecular flexibility index (Phi) is 6.16. The largest absolute Gasteiger partial charge is 0.394 e. The van der Waals surface area contributed by atoms with E-state index >= 15 is 0 Å². The van der Waals surface area contributed by atoms with E-state index in [2.05, 4.69) is 0 Å². The van der Waals surface area contributed by atoms with Crippen LogP contribution in [0.2, 0.25) is 0 Å². The van der Waals surface area contributed by atoms with Crippen molar-refractivity contribution < 1.29 is 22.6 Å². The molecule has 2 atom stereocenters. The van der Waals surface area contributed by atoms with Gasteiger partial charge in [-0.2, -0.15) is 8.42 Å². The van der Waals surface area contributed by atoms with Crippen molar-refractivity contribution in [3.8, 4) is 0 Å². The van der Waals surface area contributed by atoms with Crippen LogP contribution in [-0.2, 0) is 10.4 Å². The van der Waals surface area contributed by atoms with Crippen LogP contribution in [0.15, 0.2) is 30.3 Å². The molecule has 0 aromatic heterocycles. The molecule has 0 unspecified atom stereocenters. The summed E-state index contributed by atoms with van der Waals surface area (Å²) >= 11 is 0. The molecule has 0 aliphatic rings. The maximum absolute atomic E-state index is 9.47. The molecule has 1 aromatic rings. The first-order chi connectivity index (χ1) is 7.22. The van der Waals surface area contributed by atoms with Crippen LogP contribution in [0.25, 0.3) is 0 Å². The monoisotopic (exact) mass is 249 g/mol. The van der Waals surface area contributed by atoms with Crippen LogP contribution in [0.1, 0.15) is 18.6 Å². The summed E-state index contributed by atoms with van der Waals surface area (Å²) in [5.74, 6) is 0. The van der Waals surface area contributed by atoms with Gasteiger partial charge in [-0.25, -0.2) is 0 Å². The summed E-state index contributed by atoms with van der Waals surface area (Å²) in [6.07, 6.45) is -0.545. The zero-order chi connectivity index (χ0) is 12.8. The second-order valence-electron chi connectivity index (χ2n) is 3.16. The van der Waals surface area contributed by atoms with Gasteiger partial charge in [0, 0.05) is 6.04 Å². The van der Waals surface area contributed by atoms with Crippen LogP contribution < -0.4 is 5.73 Å². The number of nitrogens with two attached hydrogens (primary N) is 1. The molecule has 0 saturated heterocycles. The lowest BCUT2D eigenvalue weighted by Crippen LogP contribution is -2.24. The minimum atomic E-state index is -4.67. The molecule has 7 heteroatoms. The summed E-state index contributed by atoms with van der Waals surface area (Å²) in [4.78, 5) is 0.